The number of nitro groups is 1. The van der Waals surface area contributed by atoms with E-state index in [0.717, 1.165) is 28.7 Å². The number of nitro benzene ring substituents is 1. The third kappa shape index (κ3) is 3.83. The quantitative estimate of drug-likeness (QED) is 0.569. The van der Waals surface area contributed by atoms with Crippen LogP contribution in [0.4, 0.5) is 5.69 Å². The molecule has 0 saturated carbocycles. The molecule has 0 radical (unpaired) electrons. The fraction of sp³-hybridized carbons (Fsp3) is 0.333. The van der Waals surface area contributed by atoms with E-state index in [4.69, 9.17) is 4.74 Å². The van der Waals surface area contributed by atoms with Crippen LogP contribution in [-0.2, 0) is 4.74 Å². The first kappa shape index (κ1) is 17.1. The average Bonchev–Trinajstić information content (AvgIpc) is 2.61. The lowest BCUT2D eigenvalue weighted by atomic mass is 10.0. The van der Waals surface area contributed by atoms with E-state index < -0.39 is 0 Å². The van der Waals surface area contributed by atoms with Crippen LogP contribution in [0.2, 0.25) is 0 Å². The minimum Gasteiger partial charge on any atom is -0.371 e. The molecule has 3 rings (SSSR count). The summed E-state index contributed by atoms with van der Waals surface area (Å²) in [6.45, 7) is 4.31. The smallest absolute Gasteiger partial charge is 0.269 e. The van der Waals surface area contributed by atoms with Crippen molar-refractivity contribution < 1.29 is 9.66 Å². The van der Waals surface area contributed by atoms with Gasteiger partial charge in [-0.25, -0.2) is 0 Å². The molecule has 0 aromatic heterocycles. The molecule has 0 bridgehead atoms. The van der Waals surface area contributed by atoms with E-state index in [2.05, 4.69) is 39.9 Å². The van der Waals surface area contributed by atoms with Crippen molar-refractivity contribution in [3.05, 3.63) is 74.2 Å². The summed E-state index contributed by atoms with van der Waals surface area (Å²) >= 11 is 3.50. The van der Waals surface area contributed by atoms with Crippen molar-refractivity contribution >= 4 is 21.6 Å². The molecule has 1 aliphatic heterocycles. The van der Waals surface area contributed by atoms with Gasteiger partial charge in [-0.2, -0.15) is 0 Å². The molecule has 0 N–H and O–H groups in total. The SMILES string of the molecule is CC(c1cccc([N+](=O)[O-])c1)N1CCOC(c2cccc(Br)c2)C1. The van der Waals surface area contributed by atoms with Crippen LogP contribution in [0.25, 0.3) is 0 Å². The Morgan fingerprint density at radius 2 is 2.08 bits per heavy atom. The van der Waals surface area contributed by atoms with Crippen LogP contribution >= 0.6 is 15.9 Å². The maximum Gasteiger partial charge on any atom is 0.269 e. The van der Waals surface area contributed by atoms with E-state index in [9.17, 15) is 10.1 Å². The molecule has 0 spiro atoms. The van der Waals surface area contributed by atoms with Crippen LogP contribution in [0.1, 0.15) is 30.2 Å². The number of nitrogens with zero attached hydrogens (tertiary/aromatic N) is 2. The normalized spacial score (nSPS) is 19.8. The van der Waals surface area contributed by atoms with Gasteiger partial charge in [0.05, 0.1) is 17.6 Å². The lowest BCUT2D eigenvalue weighted by Gasteiger charge is -2.37. The highest BCUT2D eigenvalue weighted by Crippen LogP contribution is 2.30. The second kappa shape index (κ2) is 7.42. The van der Waals surface area contributed by atoms with Gasteiger partial charge in [-0.1, -0.05) is 40.2 Å². The largest absolute Gasteiger partial charge is 0.371 e. The number of non-ortho nitro benzene ring substituents is 1. The molecule has 0 amide bonds. The first-order chi connectivity index (χ1) is 11.5. The topological polar surface area (TPSA) is 55.6 Å². The van der Waals surface area contributed by atoms with Gasteiger partial charge in [0.25, 0.3) is 5.69 Å². The van der Waals surface area contributed by atoms with Crippen molar-refractivity contribution in [3.8, 4) is 0 Å². The van der Waals surface area contributed by atoms with Gasteiger partial charge in [0.2, 0.25) is 0 Å². The molecule has 1 heterocycles. The minimum absolute atomic E-state index is 0.0115. The Bertz CT molecular complexity index is 738. The predicted molar refractivity (Wildman–Crippen MR) is 95.9 cm³/mol. The maximum absolute atomic E-state index is 11.0. The molecule has 24 heavy (non-hydrogen) atoms. The molecule has 1 fully saturated rings. The van der Waals surface area contributed by atoms with Crippen LogP contribution in [0, 0.1) is 10.1 Å². The summed E-state index contributed by atoms with van der Waals surface area (Å²) in [5.41, 5.74) is 2.23. The Kier molecular flexibility index (Phi) is 5.28. The van der Waals surface area contributed by atoms with Gasteiger partial charge in [-0.3, -0.25) is 15.0 Å². The van der Waals surface area contributed by atoms with Crippen molar-refractivity contribution in [1.29, 1.82) is 0 Å². The van der Waals surface area contributed by atoms with Gasteiger partial charge >= 0.3 is 0 Å². The van der Waals surface area contributed by atoms with Crippen molar-refractivity contribution in [1.82, 2.24) is 4.90 Å². The number of ether oxygens (including phenoxy) is 1. The van der Waals surface area contributed by atoms with E-state index in [1.807, 2.05) is 18.2 Å². The standard InChI is InChI=1S/C18H19BrN2O3/c1-13(14-4-3-7-17(11-14)21(22)23)20-8-9-24-18(12-20)15-5-2-6-16(19)10-15/h2-7,10-11,13,18H,8-9,12H2,1H3. The van der Waals surface area contributed by atoms with Crippen molar-refractivity contribution in [3.63, 3.8) is 0 Å². The van der Waals surface area contributed by atoms with Crippen molar-refractivity contribution in [2.75, 3.05) is 19.7 Å². The Morgan fingerprint density at radius 1 is 1.29 bits per heavy atom. The summed E-state index contributed by atoms with van der Waals surface area (Å²) in [6.07, 6.45) is 0.0115. The molecule has 1 saturated heterocycles. The fourth-order valence-corrected chi connectivity index (χ4v) is 3.46. The molecule has 2 aromatic rings. The van der Waals surface area contributed by atoms with Gasteiger partial charge in [0.15, 0.2) is 0 Å². The Labute approximate surface area is 149 Å². The first-order valence-corrected chi connectivity index (χ1v) is 8.69. The van der Waals surface area contributed by atoms with Crippen LogP contribution in [-0.4, -0.2) is 29.5 Å². The van der Waals surface area contributed by atoms with Crippen molar-refractivity contribution in [2.45, 2.75) is 19.1 Å². The summed E-state index contributed by atoms with van der Waals surface area (Å²) in [6, 6.07) is 15.1. The zero-order valence-corrected chi connectivity index (χ0v) is 15.0. The molecular formula is C18H19BrN2O3. The van der Waals surface area contributed by atoms with Crippen LogP contribution in [0.3, 0.4) is 0 Å². The van der Waals surface area contributed by atoms with E-state index >= 15 is 0 Å². The summed E-state index contributed by atoms with van der Waals surface area (Å²) in [4.78, 5) is 13.0. The van der Waals surface area contributed by atoms with Crippen LogP contribution < -0.4 is 0 Å². The van der Waals surface area contributed by atoms with E-state index in [1.54, 1.807) is 12.1 Å². The van der Waals surface area contributed by atoms with Crippen LogP contribution in [0.15, 0.2) is 53.0 Å². The molecule has 6 heteroatoms. The highest BCUT2D eigenvalue weighted by molar-refractivity contribution is 9.10. The number of hydrogen-bond acceptors (Lipinski definition) is 4. The Morgan fingerprint density at radius 3 is 2.83 bits per heavy atom. The number of morpholine rings is 1. The number of hydrogen-bond donors (Lipinski definition) is 0. The van der Waals surface area contributed by atoms with E-state index in [0.29, 0.717) is 6.61 Å². The zero-order chi connectivity index (χ0) is 17.1. The highest BCUT2D eigenvalue weighted by atomic mass is 79.9. The monoisotopic (exact) mass is 390 g/mol. The summed E-state index contributed by atoms with van der Waals surface area (Å²) in [5.74, 6) is 0. The molecule has 2 aromatic carbocycles. The zero-order valence-electron chi connectivity index (χ0n) is 13.4. The molecule has 2 atom stereocenters. The van der Waals surface area contributed by atoms with Gasteiger partial charge in [0, 0.05) is 35.7 Å². The molecule has 5 nitrogen and oxygen atoms in total. The van der Waals surface area contributed by atoms with Gasteiger partial charge in [-0.05, 0) is 30.2 Å². The third-order valence-electron chi connectivity index (χ3n) is 4.43. The molecule has 0 aliphatic carbocycles. The summed E-state index contributed by atoms with van der Waals surface area (Å²) in [7, 11) is 0. The van der Waals surface area contributed by atoms with Gasteiger partial charge < -0.3 is 4.74 Å². The second-order valence-electron chi connectivity index (χ2n) is 5.94. The summed E-state index contributed by atoms with van der Waals surface area (Å²) in [5, 5.41) is 11.0. The predicted octanol–water partition coefficient (Wildman–Crippen LogP) is 4.49. The lowest BCUT2D eigenvalue weighted by molar-refractivity contribution is -0.385. The van der Waals surface area contributed by atoms with Gasteiger partial charge in [-0.15, -0.1) is 0 Å². The maximum atomic E-state index is 11.0. The average molecular weight is 391 g/mol. The third-order valence-corrected chi connectivity index (χ3v) is 4.92. The minimum atomic E-state index is -0.347. The van der Waals surface area contributed by atoms with E-state index in [1.165, 1.54) is 6.07 Å². The van der Waals surface area contributed by atoms with Crippen molar-refractivity contribution in [2.24, 2.45) is 0 Å². The first-order valence-electron chi connectivity index (χ1n) is 7.90. The van der Waals surface area contributed by atoms with Gasteiger partial charge in [0.1, 0.15) is 0 Å². The number of halogens is 1. The second-order valence-corrected chi connectivity index (χ2v) is 6.85. The summed E-state index contributed by atoms with van der Waals surface area (Å²) < 4.78 is 6.96. The molecule has 126 valence electrons. The highest BCUT2D eigenvalue weighted by Gasteiger charge is 2.26. The fourth-order valence-electron chi connectivity index (χ4n) is 3.04. The Balaban J connectivity index is 1.76. The number of rotatable bonds is 4. The van der Waals surface area contributed by atoms with E-state index in [-0.39, 0.29) is 22.8 Å². The molecule has 2 unspecified atom stereocenters. The lowest BCUT2D eigenvalue weighted by Crippen LogP contribution is -2.39. The van der Waals surface area contributed by atoms with Crippen LogP contribution in [0.5, 0.6) is 0 Å². The molecule has 1 aliphatic rings. The number of benzene rings is 2. The molecular weight excluding hydrogens is 372 g/mol. The Hall–Kier alpha value is -1.76.